The lowest BCUT2D eigenvalue weighted by molar-refractivity contribution is -0.383. The van der Waals surface area contributed by atoms with Gasteiger partial charge in [-0.15, -0.1) is 0 Å². The molecule has 0 saturated heterocycles. The Morgan fingerprint density at radius 1 is 1.19 bits per heavy atom. The molecule has 0 radical (unpaired) electrons. The molecule has 0 spiro atoms. The van der Waals surface area contributed by atoms with Crippen molar-refractivity contribution in [3.63, 3.8) is 0 Å². The minimum absolute atomic E-state index is 0.0106. The van der Waals surface area contributed by atoms with Crippen LogP contribution in [0.25, 0.3) is 16.6 Å². The molecular formula is C19H16N6O2. The number of non-ortho nitro benzene ring substituents is 1. The van der Waals surface area contributed by atoms with Crippen molar-refractivity contribution in [3.8, 4) is 5.69 Å². The Labute approximate surface area is 154 Å². The average molecular weight is 360 g/mol. The average Bonchev–Trinajstić information content (AvgIpc) is 3.20. The number of pyridine rings is 1. The van der Waals surface area contributed by atoms with Gasteiger partial charge >= 0.3 is 0 Å². The third kappa shape index (κ3) is 3.32. The first-order chi connectivity index (χ1) is 13.1. The van der Waals surface area contributed by atoms with Crippen LogP contribution < -0.4 is 5.32 Å². The number of aromatic nitrogens is 4. The van der Waals surface area contributed by atoms with Crippen molar-refractivity contribution >= 4 is 22.3 Å². The van der Waals surface area contributed by atoms with Gasteiger partial charge in [-0.1, -0.05) is 24.3 Å². The standard InChI is InChI=1S/C19H16N6O2/c1-13-9-17(16-3-2-4-18(25(26)27)19(16)23-13)21-10-14-5-7-15(8-6-14)24-12-20-11-22-24/h2-9,11-12H,10H2,1H3,(H,21,23). The molecular weight excluding hydrogens is 344 g/mol. The van der Waals surface area contributed by atoms with Crippen LogP contribution in [0, 0.1) is 17.0 Å². The summed E-state index contributed by atoms with van der Waals surface area (Å²) in [5.74, 6) is 0. The lowest BCUT2D eigenvalue weighted by Crippen LogP contribution is -2.03. The number of hydrogen-bond donors (Lipinski definition) is 1. The van der Waals surface area contributed by atoms with E-state index in [-0.39, 0.29) is 5.69 Å². The van der Waals surface area contributed by atoms with E-state index in [0.29, 0.717) is 12.1 Å². The van der Waals surface area contributed by atoms with Crippen molar-refractivity contribution < 1.29 is 4.92 Å². The van der Waals surface area contributed by atoms with Gasteiger partial charge in [0, 0.05) is 29.4 Å². The van der Waals surface area contributed by atoms with E-state index in [4.69, 9.17) is 0 Å². The second kappa shape index (κ2) is 6.83. The molecule has 0 atom stereocenters. The fourth-order valence-electron chi connectivity index (χ4n) is 2.96. The van der Waals surface area contributed by atoms with Crippen molar-refractivity contribution in [2.45, 2.75) is 13.5 Å². The zero-order chi connectivity index (χ0) is 18.8. The first-order valence-electron chi connectivity index (χ1n) is 8.34. The molecule has 0 amide bonds. The molecule has 0 saturated carbocycles. The number of para-hydroxylation sites is 1. The fourth-order valence-corrected chi connectivity index (χ4v) is 2.96. The van der Waals surface area contributed by atoms with Gasteiger partial charge < -0.3 is 5.32 Å². The maximum absolute atomic E-state index is 11.3. The molecule has 134 valence electrons. The number of nitro groups is 1. The van der Waals surface area contributed by atoms with E-state index in [0.717, 1.165) is 28.0 Å². The summed E-state index contributed by atoms with van der Waals surface area (Å²) in [6.45, 7) is 2.41. The highest BCUT2D eigenvalue weighted by atomic mass is 16.6. The van der Waals surface area contributed by atoms with E-state index < -0.39 is 4.92 Å². The largest absolute Gasteiger partial charge is 0.380 e. The Morgan fingerprint density at radius 2 is 2.00 bits per heavy atom. The van der Waals surface area contributed by atoms with Gasteiger partial charge in [0.25, 0.3) is 5.69 Å². The third-order valence-corrected chi connectivity index (χ3v) is 4.25. The van der Waals surface area contributed by atoms with Crippen molar-refractivity contribution in [2.75, 3.05) is 5.32 Å². The summed E-state index contributed by atoms with van der Waals surface area (Å²) in [5.41, 5.74) is 3.95. The van der Waals surface area contributed by atoms with Crippen LogP contribution in [-0.4, -0.2) is 24.7 Å². The molecule has 0 bridgehead atoms. The Hall–Kier alpha value is -3.81. The minimum Gasteiger partial charge on any atom is -0.380 e. The second-order valence-corrected chi connectivity index (χ2v) is 6.10. The molecule has 2 aromatic heterocycles. The Bertz CT molecular complexity index is 1110. The molecule has 27 heavy (non-hydrogen) atoms. The SMILES string of the molecule is Cc1cc(NCc2ccc(-n3cncn3)cc2)c2cccc([N+](=O)[O-])c2n1. The molecule has 8 nitrogen and oxygen atoms in total. The van der Waals surface area contributed by atoms with Crippen molar-refractivity contribution in [1.29, 1.82) is 0 Å². The number of benzene rings is 2. The van der Waals surface area contributed by atoms with Crippen molar-refractivity contribution in [3.05, 3.63) is 82.6 Å². The summed E-state index contributed by atoms with van der Waals surface area (Å²) in [6.07, 6.45) is 3.14. The van der Waals surface area contributed by atoms with Crippen LogP contribution in [0.3, 0.4) is 0 Å². The zero-order valence-electron chi connectivity index (χ0n) is 14.5. The van der Waals surface area contributed by atoms with Crippen LogP contribution in [0.1, 0.15) is 11.3 Å². The summed E-state index contributed by atoms with van der Waals surface area (Å²) in [7, 11) is 0. The summed E-state index contributed by atoms with van der Waals surface area (Å²) in [6, 6.07) is 14.8. The van der Waals surface area contributed by atoms with Gasteiger partial charge in [-0.05, 0) is 30.7 Å². The van der Waals surface area contributed by atoms with Crippen LogP contribution in [0.4, 0.5) is 11.4 Å². The highest BCUT2D eigenvalue weighted by Gasteiger charge is 2.15. The van der Waals surface area contributed by atoms with Gasteiger partial charge in [0.1, 0.15) is 12.7 Å². The van der Waals surface area contributed by atoms with Crippen molar-refractivity contribution in [1.82, 2.24) is 19.7 Å². The van der Waals surface area contributed by atoms with Crippen LogP contribution in [-0.2, 0) is 6.54 Å². The van der Waals surface area contributed by atoms with E-state index in [9.17, 15) is 10.1 Å². The first-order valence-corrected chi connectivity index (χ1v) is 8.34. The number of nitro benzene ring substituents is 1. The molecule has 0 aliphatic heterocycles. The third-order valence-electron chi connectivity index (χ3n) is 4.25. The molecule has 4 aromatic rings. The minimum atomic E-state index is -0.401. The van der Waals surface area contributed by atoms with Crippen LogP contribution >= 0.6 is 0 Å². The fraction of sp³-hybridized carbons (Fsp3) is 0.105. The van der Waals surface area contributed by atoms with Crippen LogP contribution in [0.15, 0.2) is 61.2 Å². The molecule has 0 fully saturated rings. The normalized spacial score (nSPS) is 10.9. The molecule has 8 heteroatoms. The second-order valence-electron chi connectivity index (χ2n) is 6.10. The van der Waals surface area contributed by atoms with Gasteiger partial charge in [-0.3, -0.25) is 10.1 Å². The molecule has 0 aliphatic rings. The Balaban J connectivity index is 1.60. The number of fused-ring (bicyclic) bond motifs is 1. The molecule has 1 N–H and O–H groups in total. The Morgan fingerprint density at radius 3 is 2.70 bits per heavy atom. The highest BCUT2D eigenvalue weighted by Crippen LogP contribution is 2.30. The van der Waals surface area contributed by atoms with Crippen LogP contribution in [0.2, 0.25) is 0 Å². The predicted octanol–water partition coefficient (Wildman–Crippen LogP) is 3.64. The molecule has 2 heterocycles. The summed E-state index contributed by atoms with van der Waals surface area (Å²) >= 11 is 0. The monoisotopic (exact) mass is 360 g/mol. The quantitative estimate of drug-likeness (QED) is 0.431. The summed E-state index contributed by atoms with van der Waals surface area (Å²) in [5, 5.41) is 19.5. The number of nitrogens with zero attached hydrogens (tertiary/aromatic N) is 5. The summed E-state index contributed by atoms with van der Waals surface area (Å²) in [4.78, 5) is 19.2. The highest BCUT2D eigenvalue weighted by molar-refractivity contribution is 5.96. The van der Waals surface area contributed by atoms with E-state index in [1.54, 1.807) is 17.1 Å². The molecule has 0 aliphatic carbocycles. The predicted molar refractivity (Wildman–Crippen MR) is 102 cm³/mol. The zero-order valence-corrected chi connectivity index (χ0v) is 14.5. The maximum atomic E-state index is 11.3. The first kappa shape index (κ1) is 16.6. The molecule has 0 unspecified atom stereocenters. The lowest BCUT2D eigenvalue weighted by Gasteiger charge is -2.11. The van der Waals surface area contributed by atoms with Crippen LogP contribution in [0.5, 0.6) is 0 Å². The lowest BCUT2D eigenvalue weighted by atomic mass is 10.1. The van der Waals surface area contributed by atoms with E-state index in [2.05, 4.69) is 20.4 Å². The maximum Gasteiger partial charge on any atom is 0.295 e. The molecule has 4 rings (SSSR count). The number of aryl methyl sites for hydroxylation is 1. The van der Waals surface area contributed by atoms with Crippen molar-refractivity contribution in [2.24, 2.45) is 0 Å². The van der Waals surface area contributed by atoms with E-state index in [1.165, 1.54) is 12.4 Å². The van der Waals surface area contributed by atoms with Gasteiger partial charge in [0.15, 0.2) is 5.52 Å². The van der Waals surface area contributed by atoms with E-state index >= 15 is 0 Å². The van der Waals surface area contributed by atoms with E-state index in [1.807, 2.05) is 43.3 Å². The number of nitrogens with one attached hydrogen (secondary N) is 1. The van der Waals surface area contributed by atoms with Gasteiger partial charge in [0.2, 0.25) is 0 Å². The topological polar surface area (TPSA) is 98.8 Å². The Kier molecular flexibility index (Phi) is 4.21. The number of anilines is 1. The molecule has 2 aromatic carbocycles. The smallest absolute Gasteiger partial charge is 0.295 e. The van der Waals surface area contributed by atoms with Gasteiger partial charge in [-0.25, -0.2) is 14.6 Å². The number of hydrogen-bond acceptors (Lipinski definition) is 6. The number of rotatable bonds is 5. The summed E-state index contributed by atoms with van der Waals surface area (Å²) < 4.78 is 1.69. The van der Waals surface area contributed by atoms with Gasteiger partial charge in [-0.2, -0.15) is 5.10 Å². The van der Waals surface area contributed by atoms with Gasteiger partial charge in [0.05, 0.1) is 10.6 Å².